The zero-order chi connectivity index (χ0) is 27.0. The molecule has 3 aromatic carbocycles. The maximum Gasteiger partial charge on any atom is 0.227 e. The normalized spacial score (nSPS) is 15.6. The number of nitrogens with one attached hydrogen (secondary N) is 1. The first-order chi connectivity index (χ1) is 19.1. The topological polar surface area (TPSA) is 57.3 Å². The van der Waals surface area contributed by atoms with Gasteiger partial charge in [-0.25, -0.2) is 0 Å². The monoisotopic (exact) mass is 528 g/mol. The summed E-state index contributed by atoms with van der Waals surface area (Å²) in [5.41, 5.74) is 6.98. The van der Waals surface area contributed by atoms with Crippen LogP contribution >= 0.6 is 0 Å². The Hall–Kier alpha value is -3.55. The van der Waals surface area contributed by atoms with Crippen molar-refractivity contribution in [2.75, 3.05) is 70.2 Å². The molecule has 3 aromatic rings. The van der Waals surface area contributed by atoms with Gasteiger partial charge in [-0.1, -0.05) is 42.5 Å². The molecule has 5 rings (SSSR count). The molecule has 0 aliphatic carbocycles. The first-order valence-corrected chi connectivity index (χ1v) is 13.9. The van der Waals surface area contributed by atoms with E-state index in [1.165, 1.54) is 22.4 Å². The summed E-state index contributed by atoms with van der Waals surface area (Å²) < 4.78 is 11.4. The largest absolute Gasteiger partial charge is 0.496 e. The molecule has 0 radical (unpaired) electrons. The number of piperazine rings is 1. The molecule has 206 valence electrons. The summed E-state index contributed by atoms with van der Waals surface area (Å²) in [7, 11) is 3.91. The maximum atomic E-state index is 13.4. The first-order valence-electron chi connectivity index (χ1n) is 13.9. The summed E-state index contributed by atoms with van der Waals surface area (Å²) in [6.07, 6.45) is 1.23. The molecule has 39 heavy (non-hydrogen) atoms. The van der Waals surface area contributed by atoms with Gasteiger partial charge in [-0.15, -0.1) is 0 Å². The smallest absolute Gasteiger partial charge is 0.227 e. The van der Waals surface area contributed by atoms with Crippen LogP contribution in [0.4, 0.5) is 11.4 Å². The summed E-state index contributed by atoms with van der Waals surface area (Å²) in [6, 6.07) is 22.6. The van der Waals surface area contributed by atoms with E-state index in [1.54, 1.807) is 7.11 Å². The third-order valence-electron chi connectivity index (χ3n) is 7.76. The van der Waals surface area contributed by atoms with Crippen LogP contribution in [0.2, 0.25) is 0 Å². The van der Waals surface area contributed by atoms with E-state index in [0.717, 1.165) is 62.7 Å². The average Bonchev–Trinajstić information content (AvgIpc) is 2.98. The molecule has 1 amide bonds. The van der Waals surface area contributed by atoms with Gasteiger partial charge in [-0.3, -0.25) is 4.79 Å². The second kappa shape index (κ2) is 13.0. The number of hydrogen-bond acceptors (Lipinski definition) is 6. The molecule has 0 spiro atoms. The fourth-order valence-electron chi connectivity index (χ4n) is 5.43. The van der Waals surface area contributed by atoms with E-state index in [0.29, 0.717) is 26.2 Å². The minimum Gasteiger partial charge on any atom is -0.496 e. The van der Waals surface area contributed by atoms with Crippen molar-refractivity contribution in [3.05, 3.63) is 89.0 Å². The Bertz CT molecular complexity index is 1220. The van der Waals surface area contributed by atoms with Gasteiger partial charge in [0, 0.05) is 68.3 Å². The van der Waals surface area contributed by atoms with Crippen molar-refractivity contribution in [2.45, 2.75) is 26.0 Å². The fourth-order valence-corrected chi connectivity index (χ4v) is 5.43. The van der Waals surface area contributed by atoms with E-state index in [2.05, 4.69) is 46.4 Å². The fraction of sp³-hybridized carbons (Fsp3) is 0.406. The Balaban J connectivity index is 1.14. The van der Waals surface area contributed by atoms with Crippen LogP contribution < -0.4 is 15.0 Å². The van der Waals surface area contributed by atoms with Gasteiger partial charge in [0.1, 0.15) is 5.75 Å². The summed E-state index contributed by atoms with van der Waals surface area (Å²) in [5.74, 6) is 1.10. The highest BCUT2D eigenvalue weighted by atomic mass is 16.5. The molecule has 2 aliphatic heterocycles. The minimum atomic E-state index is 0.169. The van der Waals surface area contributed by atoms with Crippen molar-refractivity contribution in [3.63, 3.8) is 0 Å². The maximum absolute atomic E-state index is 13.4. The van der Waals surface area contributed by atoms with Crippen LogP contribution in [-0.2, 0) is 35.5 Å². The molecule has 2 heterocycles. The quantitative estimate of drug-likeness (QED) is 0.398. The van der Waals surface area contributed by atoms with Crippen molar-refractivity contribution < 1.29 is 14.3 Å². The SMILES string of the molecule is COc1ccc(N2CCN(C)CC2)c2c1CCN(C(=O)Cc1ccc(NCCOCc3ccccc3)cc1)C2. The minimum absolute atomic E-state index is 0.169. The number of fused-ring (bicyclic) bond motifs is 1. The van der Waals surface area contributed by atoms with Crippen LogP contribution in [0.3, 0.4) is 0 Å². The second-order valence-electron chi connectivity index (χ2n) is 10.4. The van der Waals surface area contributed by atoms with E-state index in [1.807, 2.05) is 47.4 Å². The molecule has 1 N–H and O–H groups in total. The van der Waals surface area contributed by atoms with Crippen molar-refractivity contribution in [1.82, 2.24) is 9.80 Å². The summed E-state index contributed by atoms with van der Waals surface area (Å²) >= 11 is 0. The number of ether oxygens (including phenoxy) is 2. The number of anilines is 2. The van der Waals surface area contributed by atoms with Crippen molar-refractivity contribution in [1.29, 1.82) is 0 Å². The number of amides is 1. The number of carbonyl (C=O) groups excluding carboxylic acids is 1. The van der Waals surface area contributed by atoms with Crippen LogP contribution in [0.1, 0.15) is 22.3 Å². The zero-order valence-corrected chi connectivity index (χ0v) is 23.2. The van der Waals surface area contributed by atoms with Crippen LogP contribution in [0, 0.1) is 0 Å². The van der Waals surface area contributed by atoms with E-state index in [4.69, 9.17) is 9.47 Å². The van der Waals surface area contributed by atoms with Crippen LogP contribution in [-0.4, -0.2) is 75.7 Å². The van der Waals surface area contributed by atoms with Gasteiger partial charge in [-0.05, 0) is 48.9 Å². The van der Waals surface area contributed by atoms with E-state index >= 15 is 0 Å². The summed E-state index contributed by atoms with van der Waals surface area (Å²) in [6.45, 7) is 7.44. The third kappa shape index (κ3) is 6.91. The lowest BCUT2D eigenvalue weighted by Gasteiger charge is -2.38. The summed E-state index contributed by atoms with van der Waals surface area (Å²) in [4.78, 5) is 20.2. The van der Waals surface area contributed by atoms with Crippen LogP contribution in [0.15, 0.2) is 66.7 Å². The number of nitrogens with zero attached hydrogens (tertiary/aromatic N) is 3. The molecule has 2 aliphatic rings. The molecule has 7 heteroatoms. The van der Waals surface area contributed by atoms with Crippen molar-refractivity contribution in [3.8, 4) is 5.75 Å². The molecular weight excluding hydrogens is 488 g/mol. The number of benzene rings is 3. The highest BCUT2D eigenvalue weighted by molar-refractivity contribution is 5.80. The highest BCUT2D eigenvalue weighted by Crippen LogP contribution is 2.36. The Kier molecular flexibility index (Phi) is 9.01. The van der Waals surface area contributed by atoms with Gasteiger partial charge in [0.25, 0.3) is 0 Å². The van der Waals surface area contributed by atoms with Gasteiger partial charge in [0.15, 0.2) is 0 Å². The molecular formula is C32H40N4O3. The predicted molar refractivity (Wildman–Crippen MR) is 157 cm³/mol. The number of likely N-dealkylation sites (N-methyl/N-ethyl adjacent to an activating group) is 1. The Morgan fingerprint density at radius 3 is 2.38 bits per heavy atom. The molecule has 0 bridgehead atoms. The molecule has 7 nitrogen and oxygen atoms in total. The summed E-state index contributed by atoms with van der Waals surface area (Å²) in [5, 5.41) is 3.40. The second-order valence-corrected chi connectivity index (χ2v) is 10.4. The Morgan fingerprint density at radius 1 is 0.872 bits per heavy atom. The lowest BCUT2D eigenvalue weighted by atomic mass is 9.95. The van der Waals surface area contributed by atoms with Crippen LogP contribution in [0.25, 0.3) is 0 Å². The number of carbonyl (C=O) groups is 1. The van der Waals surface area contributed by atoms with E-state index in [9.17, 15) is 4.79 Å². The zero-order valence-electron chi connectivity index (χ0n) is 23.2. The number of methoxy groups -OCH3 is 1. The molecule has 1 saturated heterocycles. The predicted octanol–water partition coefficient (Wildman–Crippen LogP) is 4.20. The number of hydrogen-bond donors (Lipinski definition) is 1. The van der Waals surface area contributed by atoms with Crippen LogP contribution in [0.5, 0.6) is 5.75 Å². The van der Waals surface area contributed by atoms with Gasteiger partial charge >= 0.3 is 0 Å². The molecule has 0 unspecified atom stereocenters. The standard InChI is InChI=1S/C32H40N4O3/c1-34-17-19-35(20-18-34)30-12-13-31(38-2)28-14-16-36(23-29(28)30)32(37)22-25-8-10-27(11-9-25)33-15-21-39-24-26-6-4-3-5-7-26/h3-13,33H,14-24H2,1-2H3. The van der Waals surface area contributed by atoms with E-state index < -0.39 is 0 Å². The van der Waals surface area contributed by atoms with Gasteiger partial charge in [-0.2, -0.15) is 0 Å². The molecule has 0 aromatic heterocycles. The van der Waals surface area contributed by atoms with Gasteiger partial charge in [0.05, 0.1) is 26.7 Å². The Morgan fingerprint density at radius 2 is 1.64 bits per heavy atom. The highest BCUT2D eigenvalue weighted by Gasteiger charge is 2.28. The lowest BCUT2D eigenvalue weighted by Crippen LogP contribution is -2.45. The molecule has 0 saturated carbocycles. The Labute approximate surface area is 232 Å². The average molecular weight is 529 g/mol. The van der Waals surface area contributed by atoms with Gasteiger partial charge in [0.2, 0.25) is 5.91 Å². The van der Waals surface area contributed by atoms with Gasteiger partial charge < -0.3 is 29.5 Å². The third-order valence-corrected chi connectivity index (χ3v) is 7.76. The van der Waals surface area contributed by atoms with E-state index in [-0.39, 0.29) is 5.91 Å². The molecule has 1 fully saturated rings. The van der Waals surface area contributed by atoms with Crippen molar-refractivity contribution >= 4 is 17.3 Å². The number of rotatable bonds is 10. The molecule has 0 atom stereocenters. The first kappa shape index (κ1) is 27.0. The van der Waals surface area contributed by atoms with Crippen molar-refractivity contribution in [2.24, 2.45) is 0 Å². The lowest BCUT2D eigenvalue weighted by molar-refractivity contribution is -0.131.